The van der Waals surface area contributed by atoms with E-state index in [1.165, 1.54) is 0 Å². The highest BCUT2D eigenvalue weighted by atomic mass is 16.5. The zero-order chi connectivity index (χ0) is 27.9. The summed E-state index contributed by atoms with van der Waals surface area (Å²) in [5.74, 6) is -0.389. The number of aromatic nitrogens is 2. The molecular formula is C29H37N5O4. The van der Waals surface area contributed by atoms with Crippen LogP contribution in [-0.2, 0) is 18.3 Å². The summed E-state index contributed by atoms with van der Waals surface area (Å²) in [4.78, 5) is 45.9. The summed E-state index contributed by atoms with van der Waals surface area (Å²) in [5, 5.41) is 0. The Morgan fingerprint density at radius 2 is 1.42 bits per heavy atom. The molecule has 1 aliphatic carbocycles. The molecule has 1 aromatic heterocycles. The van der Waals surface area contributed by atoms with Gasteiger partial charge in [0.25, 0.3) is 11.8 Å². The highest BCUT2D eigenvalue weighted by Gasteiger charge is 2.46. The topological polar surface area (TPSA) is 115 Å². The molecule has 0 saturated heterocycles. The lowest BCUT2D eigenvalue weighted by molar-refractivity contribution is 0.0820. The molecule has 1 heterocycles. The summed E-state index contributed by atoms with van der Waals surface area (Å²) in [5.41, 5.74) is 10.5. The smallest absolute Gasteiger partial charge is 0.345 e. The predicted molar refractivity (Wildman–Crippen MR) is 146 cm³/mol. The molecule has 202 valence electrons. The molecule has 0 saturated carbocycles. The van der Waals surface area contributed by atoms with Crippen LogP contribution >= 0.6 is 0 Å². The second-order valence-electron chi connectivity index (χ2n) is 10.9. The number of benzene rings is 2. The molecule has 9 heteroatoms. The molecule has 38 heavy (non-hydrogen) atoms. The molecule has 0 fully saturated rings. The standard InChI is InChI=1S/C29H37N5O4/c1-17(2)34-27(31-28(37)38-34)29(16-18(3)30)23-12-10-21(25(35)32(4)5)14-19(23)8-9-20-15-22(11-13-24(20)29)26(36)33(6)7/h10-15,17-18H,8-9,16,30H2,1-7H3/t18-/m1/s1. The Kier molecular flexibility index (Phi) is 7.34. The number of hydrogen-bond acceptors (Lipinski definition) is 6. The second kappa shape index (κ2) is 10.2. The minimum atomic E-state index is -0.939. The van der Waals surface area contributed by atoms with Crippen LogP contribution in [0, 0.1) is 0 Å². The molecule has 0 spiro atoms. The Bertz CT molecular complexity index is 1360. The first-order chi connectivity index (χ1) is 17.9. The molecule has 2 aromatic carbocycles. The molecule has 2 amide bonds. The molecule has 1 atom stereocenters. The van der Waals surface area contributed by atoms with Crippen molar-refractivity contribution in [3.05, 3.63) is 86.2 Å². The fourth-order valence-corrected chi connectivity index (χ4v) is 5.58. The van der Waals surface area contributed by atoms with E-state index in [1.54, 1.807) is 42.7 Å². The van der Waals surface area contributed by atoms with Crippen molar-refractivity contribution in [2.75, 3.05) is 28.2 Å². The maximum atomic E-state index is 12.9. The Morgan fingerprint density at radius 1 is 0.947 bits per heavy atom. The van der Waals surface area contributed by atoms with E-state index in [4.69, 9.17) is 10.3 Å². The van der Waals surface area contributed by atoms with Crippen molar-refractivity contribution in [1.82, 2.24) is 19.5 Å². The Hall–Kier alpha value is -3.72. The lowest BCUT2D eigenvalue weighted by Gasteiger charge is -2.37. The van der Waals surface area contributed by atoms with E-state index in [-0.39, 0.29) is 23.9 Å². The first-order valence-corrected chi connectivity index (χ1v) is 12.9. The average Bonchev–Trinajstić information content (AvgIpc) is 3.21. The quantitative estimate of drug-likeness (QED) is 0.536. The summed E-state index contributed by atoms with van der Waals surface area (Å²) < 4.78 is 7.15. The van der Waals surface area contributed by atoms with E-state index in [0.29, 0.717) is 36.2 Å². The SMILES string of the molecule is CC(C)n1oc(=O)nc1C1(C[C@@H](C)N)c2ccc(C(=O)N(C)C)cc2CCc2cc(C(=O)N(C)C)ccc21. The minimum Gasteiger partial charge on any atom is -0.345 e. The maximum Gasteiger partial charge on any atom is 0.459 e. The van der Waals surface area contributed by atoms with Gasteiger partial charge in [0.15, 0.2) is 5.82 Å². The molecule has 2 N–H and O–H groups in total. The van der Waals surface area contributed by atoms with Crippen LogP contribution in [0.15, 0.2) is 45.7 Å². The van der Waals surface area contributed by atoms with E-state index in [1.807, 2.05) is 57.2 Å². The van der Waals surface area contributed by atoms with Crippen molar-refractivity contribution >= 4 is 11.8 Å². The van der Waals surface area contributed by atoms with Gasteiger partial charge in [-0.2, -0.15) is 9.72 Å². The van der Waals surface area contributed by atoms with Crippen molar-refractivity contribution in [2.24, 2.45) is 5.73 Å². The lowest BCUT2D eigenvalue weighted by Crippen LogP contribution is -2.40. The molecule has 0 aliphatic heterocycles. The van der Waals surface area contributed by atoms with Gasteiger partial charge in [-0.3, -0.25) is 9.59 Å². The van der Waals surface area contributed by atoms with Gasteiger partial charge in [-0.1, -0.05) is 12.1 Å². The average molecular weight is 520 g/mol. The number of carbonyl (C=O) groups is 2. The van der Waals surface area contributed by atoms with E-state index < -0.39 is 11.2 Å². The van der Waals surface area contributed by atoms with E-state index >= 15 is 0 Å². The monoisotopic (exact) mass is 519 g/mol. The fourth-order valence-electron chi connectivity index (χ4n) is 5.58. The highest BCUT2D eigenvalue weighted by molar-refractivity contribution is 5.95. The van der Waals surface area contributed by atoms with Crippen LogP contribution in [0.25, 0.3) is 0 Å². The Balaban J connectivity index is 2.11. The predicted octanol–water partition coefficient (Wildman–Crippen LogP) is 2.99. The summed E-state index contributed by atoms with van der Waals surface area (Å²) in [7, 11) is 6.91. The number of nitrogens with two attached hydrogens (primary N) is 1. The molecule has 9 nitrogen and oxygen atoms in total. The van der Waals surface area contributed by atoms with Crippen molar-refractivity contribution < 1.29 is 14.1 Å². The summed E-state index contributed by atoms with van der Waals surface area (Å²) >= 11 is 0. The minimum absolute atomic E-state index is 0.0910. The van der Waals surface area contributed by atoms with E-state index in [0.717, 1.165) is 22.3 Å². The summed E-state index contributed by atoms with van der Waals surface area (Å²) in [6, 6.07) is 11.0. The van der Waals surface area contributed by atoms with Crippen LogP contribution in [0.5, 0.6) is 0 Å². The number of hydrogen-bond donors (Lipinski definition) is 1. The molecule has 1 aliphatic rings. The van der Waals surface area contributed by atoms with Crippen molar-refractivity contribution in [1.29, 1.82) is 0 Å². The van der Waals surface area contributed by atoms with Gasteiger partial charge in [-0.25, -0.2) is 4.79 Å². The van der Waals surface area contributed by atoms with Gasteiger partial charge in [-0.05, 0) is 86.6 Å². The second-order valence-corrected chi connectivity index (χ2v) is 10.9. The Labute approximate surface area is 223 Å². The zero-order valence-electron chi connectivity index (χ0n) is 23.2. The number of carbonyl (C=O) groups excluding carboxylic acids is 2. The Morgan fingerprint density at radius 3 is 1.82 bits per heavy atom. The van der Waals surface area contributed by atoms with Gasteiger partial charge >= 0.3 is 5.76 Å². The van der Waals surface area contributed by atoms with Crippen molar-refractivity contribution in [3.63, 3.8) is 0 Å². The largest absolute Gasteiger partial charge is 0.459 e. The van der Waals surface area contributed by atoms with E-state index in [9.17, 15) is 14.4 Å². The molecule has 0 bridgehead atoms. The van der Waals surface area contributed by atoms with Crippen LogP contribution in [-0.4, -0.2) is 65.6 Å². The lowest BCUT2D eigenvalue weighted by atomic mass is 9.67. The number of rotatable bonds is 6. The van der Waals surface area contributed by atoms with Gasteiger partial charge in [-0.15, -0.1) is 0 Å². The van der Waals surface area contributed by atoms with Gasteiger partial charge in [0, 0.05) is 45.4 Å². The third-order valence-electron chi connectivity index (χ3n) is 7.16. The number of fused-ring (bicyclic) bond motifs is 2. The third kappa shape index (κ3) is 4.67. The zero-order valence-corrected chi connectivity index (χ0v) is 23.2. The van der Waals surface area contributed by atoms with Crippen molar-refractivity contribution in [3.8, 4) is 0 Å². The van der Waals surface area contributed by atoms with Crippen LogP contribution in [0.3, 0.4) is 0 Å². The van der Waals surface area contributed by atoms with Gasteiger partial charge in [0.05, 0.1) is 11.5 Å². The normalized spacial score (nSPS) is 14.9. The van der Waals surface area contributed by atoms with Crippen LogP contribution in [0.1, 0.15) is 82.0 Å². The summed E-state index contributed by atoms with van der Waals surface area (Å²) in [6.07, 6.45) is 1.72. The van der Waals surface area contributed by atoms with Gasteiger partial charge < -0.3 is 20.1 Å². The number of amides is 2. The maximum absolute atomic E-state index is 12.9. The number of aryl methyl sites for hydroxylation is 2. The van der Waals surface area contributed by atoms with Crippen LogP contribution in [0.2, 0.25) is 0 Å². The third-order valence-corrected chi connectivity index (χ3v) is 7.16. The van der Waals surface area contributed by atoms with Gasteiger partial charge in [0.2, 0.25) is 0 Å². The van der Waals surface area contributed by atoms with Crippen molar-refractivity contribution in [2.45, 2.75) is 57.5 Å². The molecule has 3 aromatic rings. The van der Waals surface area contributed by atoms with E-state index in [2.05, 4.69) is 4.98 Å². The van der Waals surface area contributed by atoms with Crippen LogP contribution < -0.4 is 11.5 Å². The molecule has 0 unspecified atom stereocenters. The highest BCUT2D eigenvalue weighted by Crippen LogP contribution is 2.47. The van der Waals surface area contributed by atoms with Crippen LogP contribution in [0.4, 0.5) is 0 Å². The molecule has 0 radical (unpaired) electrons. The number of nitrogens with zero attached hydrogens (tertiary/aromatic N) is 4. The first-order valence-electron chi connectivity index (χ1n) is 12.9. The summed E-state index contributed by atoms with van der Waals surface area (Å²) in [6.45, 7) is 5.80. The molecular weight excluding hydrogens is 482 g/mol. The molecule has 4 rings (SSSR count). The fraction of sp³-hybridized carbons (Fsp3) is 0.448. The first kappa shape index (κ1) is 27.3. The van der Waals surface area contributed by atoms with Gasteiger partial charge in [0.1, 0.15) is 0 Å².